The first-order valence-electron chi connectivity index (χ1n) is 6.07. The fourth-order valence-electron chi connectivity index (χ4n) is 2.23. The Bertz CT molecular complexity index is 174. The molecule has 0 aromatic heterocycles. The molecule has 0 amide bonds. The maximum absolute atomic E-state index is 5.91. The Hall–Kier alpha value is -0.120. The average molecular weight is 215 g/mol. The second-order valence-electron chi connectivity index (χ2n) is 4.62. The van der Waals surface area contributed by atoms with Crippen LogP contribution < -0.4 is 0 Å². The maximum atomic E-state index is 5.91. The van der Waals surface area contributed by atoms with Crippen molar-refractivity contribution < 1.29 is 9.47 Å². The molecule has 0 N–H and O–H groups in total. The first-order valence-corrected chi connectivity index (χ1v) is 6.07. The van der Waals surface area contributed by atoms with Gasteiger partial charge in [-0.25, -0.2) is 0 Å². The molecule has 0 unspecified atom stereocenters. The fraction of sp³-hybridized carbons (Fsp3) is 1.00. The second-order valence-corrected chi connectivity index (χ2v) is 4.62. The van der Waals surface area contributed by atoms with Crippen LogP contribution in [-0.2, 0) is 9.47 Å². The van der Waals surface area contributed by atoms with Gasteiger partial charge in [0, 0.05) is 33.0 Å². The maximum Gasteiger partial charge on any atom is 0.170 e. The summed E-state index contributed by atoms with van der Waals surface area (Å²) in [6.45, 7) is 9.74. The van der Waals surface area contributed by atoms with Crippen LogP contribution in [0.25, 0.3) is 0 Å². The van der Waals surface area contributed by atoms with Crippen LogP contribution in [0.4, 0.5) is 0 Å². The van der Waals surface area contributed by atoms with Gasteiger partial charge < -0.3 is 14.4 Å². The van der Waals surface area contributed by atoms with Gasteiger partial charge in [-0.3, -0.25) is 0 Å². The topological polar surface area (TPSA) is 21.7 Å². The van der Waals surface area contributed by atoms with Crippen molar-refractivity contribution in [2.24, 2.45) is 0 Å². The first-order chi connectivity index (χ1) is 7.12. The Balaban J connectivity index is 2.43. The van der Waals surface area contributed by atoms with Crippen molar-refractivity contribution in [1.82, 2.24) is 4.90 Å². The van der Waals surface area contributed by atoms with Crippen molar-refractivity contribution in [2.45, 2.75) is 51.9 Å². The van der Waals surface area contributed by atoms with Crippen molar-refractivity contribution >= 4 is 0 Å². The lowest BCUT2D eigenvalue weighted by molar-refractivity contribution is -0.259. The average Bonchev–Trinajstić information content (AvgIpc) is 2.21. The number of ether oxygens (including phenoxy) is 2. The molecule has 1 heterocycles. The molecule has 15 heavy (non-hydrogen) atoms. The van der Waals surface area contributed by atoms with Gasteiger partial charge in [-0.2, -0.15) is 0 Å². The van der Waals surface area contributed by atoms with E-state index in [-0.39, 0.29) is 11.9 Å². The highest BCUT2D eigenvalue weighted by Crippen LogP contribution is 2.28. The third-order valence-electron chi connectivity index (χ3n) is 2.98. The summed E-state index contributed by atoms with van der Waals surface area (Å²) in [5.74, 6) is -0.321. The first kappa shape index (κ1) is 12.9. The van der Waals surface area contributed by atoms with E-state index in [2.05, 4.69) is 25.7 Å². The van der Waals surface area contributed by atoms with E-state index in [4.69, 9.17) is 9.47 Å². The summed E-state index contributed by atoms with van der Waals surface area (Å²) in [6, 6.07) is 0. The molecule has 3 heteroatoms. The van der Waals surface area contributed by atoms with Crippen LogP contribution in [0.2, 0.25) is 0 Å². The van der Waals surface area contributed by atoms with Crippen molar-refractivity contribution in [2.75, 3.05) is 26.7 Å². The van der Waals surface area contributed by atoms with Gasteiger partial charge in [0.2, 0.25) is 0 Å². The molecule has 90 valence electrons. The van der Waals surface area contributed by atoms with Crippen LogP contribution in [0.15, 0.2) is 0 Å². The van der Waals surface area contributed by atoms with E-state index in [9.17, 15) is 0 Å². The van der Waals surface area contributed by atoms with Crippen molar-refractivity contribution in [3.63, 3.8) is 0 Å². The molecule has 0 aliphatic carbocycles. The molecule has 0 spiro atoms. The number of likely N-dealkylation sites (tertiary alicyclic amines) is 1. The van der Waals surface area contributed by atoms with Crippen molar-refractivity contribution in [3.8, 4) is 0 Å². The predicted molar refractivity (Wildman–Crippen MR) is 61.9 cm³/mol. The minimum absolute atomic E-state index is 0.239. The third kappa shape index (κ3) is 3.74. The van der Waals surface area contributed by atoms with Gasteiger partial charge in [0.05, 0.1) is 6.10 Å². The zero-order valence-corrected chi connectivity index (χ0v) is 10.6. The summed E-state index contributed by atoms with van der Waals surface area (Å²) in [7, 11) is 1.76. The molecule has 0 bridgehead atoms. The second kappa shape index (κ2) is 5.83. The Morgan fingerprint density at radius 2 is 1.87 bits per heavy atom. The van der Waals surface area contributed by atoms with E-state index in [0.29, 0.717) is 0 Å². The van der Waals surface area contributed by atoms with E-state index in [0.717, 1.165) is 25.9 Å². The van der Waals surface area contributed by atoms with Gasteiger partial charge >= 0.3 is 0 Å². The van der Waals surface area contributed by atoms with E-state index in [1.54, 1.807) is 7.11 Å². The predicted octanol–water partition coefficient (Wildman–Crippen LogP) is 2.26. The SMILES string of the molecule is CCCN1CCC(OC)(OC(C)C)CC1. The summed E-state index contributed by atoms with van der Waals surface area (Å²) in [5, 5.41) is 0. The molecule has 0 aromatic carbocycles. The fourth-order valence-corrected chi connectivity index (χ4v) is 2.23. The smallest absolute Gasteiger partial charge is 0.170 e. The molecule has 1 fully saturated rings. The zero-order chi connectivity index (χ0) is 11.3. The van der Waals surface area contributed by atoms with Crippen LogP contribution in [0.1, 0.15) is 40.0 Å². The summed E-state index contributed by atoms with van der Waals surface area (Å²) in [4.78, 5) is 2.49. The molecule has 0 saturated carbocycles. The van der Waals surface area contributed by atoms with Gasteiger partial charge in [0.15, 0.2) is 5.79 Å². The minimum Gasteiger partial charge on any atom is -0.353 e. The molecule has 1 saturated heterocycles. The standard InChI is InChI=1S/C12H25NO2/c1-5-8-13-9-6-12(14-4,7-10-13)15-11(2)3/h11H,5-10H2,1-4H3. The Morgan fingerprint density at radius 3 is 2.27 bits per heavy atom. The highest BCUT2D eigenvalue weighted by atomic mass is 16.7. The van der Waals surface area contributed by atoms with E-state index >= 15 is 0 Å². The highest BCUT2D eigenvalue weighted by Gasteiger charge is 2.35. The summed E-state index contributed by atoms with van der Waals surface area (Å²) in [6.07, 6.45) is 3.44. The van der Waals surface area contributed by atoms with Gasteiger partial charge in [0.1, 0.15) is 0 Å². The molecule has 0 aromatic rings. The lowest BCUT2D eigenvalue weighted by Crippen LogP contribution is -2.48. The minimum atomic E-state index is -0.321. The third-order valence-corrected chi connectivity index (χ3v) is 2.98. The van der Waals surface area contributed by atoms with E-state index in [1.165, 1.54) is 13.0 Å². The van der Waals surface area contributed by atoms with Crippen LogP contribution in [-0.4, -0.2) is 43.5 Å². The van der Waals surface area contributed by atoms with E-state index in [1.807, 2.05) is 0 Å². The molecule has 0 atom stereocenters. The van der Waals surface area contributed by atoms with Crippen LogP contribution >= 0.6 is 0 Å². The lowest BCUT2D eigenvalue weighted by Gasteiger charge is -2.41. The zero-order valence-electron chi connectivity index (χ0n) is 10.6. The van der Waals surface area contributed by atoms with Crippen LogP contribution in [0.5, 0.6) is 0 Å². The van der Waals surface area contributed by atoms with Crippen molar-refractivity contribution in [3.05, 3.63) is 0 Å². The normalized spacial score (nSPS) is 22.2. The van der Waals surface area contributed by atoms with Crippen molar-refractivity contribution in [1.29, 1.82) is 0 Å². The number of piperidine rings is 1. The molecule has 3 nitrogen and oxygen atoms in total. The Morgan fingerprint density at radius 1 is 1.27 bits per heavy atom. The molecule has 0 radical (unpaired) electrons. The Kier molecular flexibility index (Phi) is 5.03. The lowest BCUT2D eigenvalue weighted by atomic mass is 10.0. The highest BCUT2D eigenvalue weighted by molar-refractivity contribution is 4.80. The Labute approximate surface area is 93.7 Å². The summed E-state index contributed by atoms with van der Waals surface area (Å²) in [5.41, 5.74) is 0. The number of nitrogens with zero attached hydrogens (tertiary/aromatic N) is 1. The molecule has 1 aliphatic heterocycles. The number of hydrogen-bond acceptors (Lipinski definition) is 3. The van der Waals surface area contributed by atoms with Gasteiger partial charge in [0.25, 0.3) is 0 Å². The number of rotatable bonds is 5. The molecular formula is C12H25NO2. The summed E-state index contributed by atoms with van der Waals surface area (Å²) >= 11 is 0. The monoisotopic (exact) mass is 215 g/mol. The molecule has 1 rings (SSSR count). The number of methoxy groups -OCH3 is 1. The van der Waals surface area contributed by atoms with Gasteiger partial charge in [-0.1, -0.05) is 6.92 Å². The molecular weight excluding hydrogens is 190 g/mol. The van der Waals surface area contributed by atoms with Crippen LogP contribution in [0, 0.1) is 0 Å². The van der Waals surface area contributed by atoms with Crippen LogP contribution in [0.3, 0.4) is 0 Å². The quantitative estimate of drug-likeness (QED) is 0.657. The number of hydrogen-bond donors (Lipinski definition) is 0. The van der Waals surface area contributed by atoms with E-state index < -0.39 is 0 Å². The van der Waals surface area contributed by atoms with Gasteiger partial charge in [-0.15, -0.1) is 0 Å². The summed E-state index contributed by atoms with van der Waals surface area (Å²) < 4.78 is 11.5. The van der Waals surface area contributed by atoms with Gasteiger partial charge in [-0.05, 0) is 26.8 Å². The molecule has 1 aliphatic rings. The largest absolute Gasteiger partial charge is 0.353 e.